The van der Waals surface area contributed by atoms with E-state index >= 15 is 0 Å². The number of thiophene rings is 1. The molecule has 4 aromatic rings. The molecule has 4 rings (SSSR count). The van der Waals surface area contributed by atoms with Gasteiger partial charge in [-0.2, -0.15) is 0 Å². The van der Waals surface area contributed by atoms with E-state index in [4.69, 9.17) is 28.6 Å². The van der Waals surface area contributed by atoms with Crippen LogP contribution in [0.4, 0.5) is 11.4 Å². The van der Waals surface area contributed by atoms with Crippen LogP contribution in [0, 0.1) is 0 Å². The first-order valence-corrected chi connectivity index (χ1v) is 10.0. The highest BCUT2D eigenvalue weighted by molar-refractivity contribution is 7.80. The zero-order valence-electron chi connectivity index (χ0n) is 14.8. The number of anilines is 2. The molecule has 1 aromatic heterocycles. The van der Waals surface area contributed by atoms with Gasteiger partial charge in [0, 0.05) is 26.8 Å². The number of halogens is 1. The maximum absolute atomic E-state index is 11.8. The predicted octanol–water partition coefficient (Wildman–Crippen LogP) is 6.30. The van der Waals surface area contributed by atoms with Crippen molar-refractivity contribution in [1.29, 1.82) is 0 Å². The number of fused-ring (bicyclic) bond motifs is 2. The minimum atomic E-state index is -0.436. The lowest BCUT2D eigenvalue weighted by Crippen LogP contribution is -2.19. The molecular weight excluding hydrogens is 412 g/mol. The SMILES string of the molecule is COC(=O)c1sc2cc(NC(=S)Nc3cccc4ccccc34)ccc2c1Cl. The Hall–Kier alpha value is -2.67. The number of esters is 1. The van der Waals surface area contributed by atoms with Gasteiger partial charge in [0.2, 0.25) is 0 Å². The van der Waals surface area contributed by atoms with Crippen molar-refractivity contribution >= 4 is 78.5 Å². The maximum atomic E-state index is 11.8. The number of methoxy groups -OCH3 is 1. The van der Waals surface area contributed by atoms with Crippen molar-refractivity contribution in [2.75, 3.05) is 17.7 Å². The van der Waals surface area contributed by atoms with Crippen LogP contribution in [0.3, 0.4) is 0 Å². The highest BCUT2D eigenvalue weighted by atomic mass is 35.5. The molecule has 0 unspecified atom stereocenters. The summed E-state index contributed by atoms with van der Waals surface area (Å²) in [6.45, 7) is 0. The van der Waals surface area contributed by atoms with Crippen molar-refractivity contribution in [3.63, 3.8) is 0 Å². The van der Waals surface area contributed by atoms with Crippen LogP contribution in [0.2, 0.25) is 5.02 Å². The first-order valence-electron chi connectivity index (χ1n) is 8.43. The summed E-state index contributed by atoms with van der Waals surface area (Å²) < 4.78 is 5.66. The van der Waals surface area contributed by atoms with E-state index < -0.39 is 5.97 Å². The molecule has 4 nitrogen and oxygen atoms in total. The fourth-order valence-corrected chi connectivity index (χ4v) is 4.68. The Balaban J connectivity index is 1.57. The summed E-state index contributed by atoms with van der Waals surface area (Å²) in [6.07, 6.45) is 0. The van der Waals surface area contributed by atoms with Gasteiger partial charge in [0.15, 0.2) is 5.11 Å². The fraction of sp³-hybridized carbons (Fsp3) is 0.0476. The molecule has 0 amide bonds. The molecule has 0 aliphatic heterocycles. The first kappa shape index (κ1) is 18.7. The molecule has 0 aliphatic carbocycles. The molecule has 0 bridgehead atoms. The van der Waals surface area contributed by atoms with Crippen molar-refractivity contribution in [2.24, 2.45) is 0 Å². The molecule has 0 radical (unpaired) electrons. The van der Waals surface area contributed by atoms with Gasteiger partial charge in [0.05, 0.1) is 12.1 Å². The largest absolute Gasteiger partial charge is 0.465 e. The van der Waals surface area contributed by atoms with Crippen LogP contribution in [-0.4, -0.2) is 18.2 Å². The molecule has 140 valence electrons. The van der Waals surface area contributed by atoms with Crippen LogP contribution in [0.5, 0.6) is 0 Å². The summed E-state index contributed by atoms with van der Waals surface area (Å²) in [5, 5.41) is 10.4. The standard InChI is InChI=1S/C21H15ClN2O2S2/c1-26-20(25)19-18(22)15-10-9-13(11-17(15)28-19)23-21(27)24-16-8-4-6-12-5-2-3-7-14(12)16/h2-11H,1H3,(H2,23,24,27). The van der Waals surface area contributed by atoms with Crippen molar-refractivity contribution in [3.05, 3.63) is 70.6 Å². The van der Waals surface area contributed by atoms with E-state index in [2.05, 4.69) is 22.8 Å². The predicted molar refractivity (Wildman–Crippen MR) is 122 cm³/mol. The van der Waals surface area contributed by atoms with Gasteiger partial charge in [-0.05, 0) is 41.9 Å². The Morgan fingerprint density at radius 2 is 1.82 bits per heavy atom. The van der Waals surface area contributed by atoms with E-state index in [0.717, 1.165) is 32.2 Å². The third-order valence-electron chi connectivity index (χ3n) is 4.30. The van der Waals surface area contributed by atoms with Crippen molar-refractivity contribution < 1.29 is 9.53 Å². The molecular formula is C21H15ClN2O2S2. The first-order chi connectivity index (χ1) is 13.6. The summed E-state index contributed by atoms with van der Waals surface area (Å²) in [5.41, 5.74) is 1.74. The topological polar surface area (TPSA) is 50.4 Å². The third-order valence-corrected chi connectivity index (χ3v) is 6.14. The third kappa shape index (κ3) is 3.54. The van der Waals surface area contributed by atoms with Crippen LogP contribution in [0.25, 0.3) is 20.9 Å². The fourth-order valence-electron chi connectivity index (χ4n) is 2.99. The Morgan fingerprint density at radius 1 is 1.04 bits per heavy atom. The normalized spacial score (nSPS) is 10.8. The summed E-state index contributed by atoms with van der Waals surface area (Å²) in [6, 6.07) is 19.8. The van der Waals surface area contributed by atoms with Gasteiger partial charge in [0.1, 0.15) is 4.88 Å². The molecule has 28 heavy (non-hydrogen) atoms. The van der Waals surface area contributed by atoms with Crippen LogP contribution in [-0.2, 0) is 4.74 Å². The average Bonchev–Trinajstić information content (AvgIpc) is 3.03. The minimum absolute atomic E-state index is 0.396. The number of carbonyl (C=O) groups is 1. The number of rotatable bonds is 3. The Morgan fingerprint density at radius 3 is 2.64 bits per heavy atom. The molecule has 0 fully saturated rings. The maximum Gasteiger partial charge on any atom is 0.349 e. The second-order valence-electron chi connectivity index (χ2n) is 6.05. The van der Waals surface area contributed by atoms with E-state index in [1.165, 1.54) is 18.4 Å². The van der Waals surface area contributed by atoms with E-state index in [9.17, 15) is 4.79 Å². The quantitative estimate of drug-likeness (QED) is 0.297. The van der Waals surface area contributed by atoms with Crippen LogP contribution >= 0.6 is 35.2 Å². The summed E-state index contributed by atoms with van der Waals surface area (Å²) in [5.74, 6) is -0.436. The highest BCUT2D eigenvalue weighted by Gasteiger charge is 2.17. The second kappa shape index (κ2) is 7.75. The minimum Gasteiger partial charge on any atom is -0.465 e. The van der Waals surface area contributed by atoms with Crippen LogP contribution in [0.15, 0.2) is 60.7 Å². The van der Waals surface area contributed by atoms with Gasteiger partial charge in [-0.15, -0.1) is 11.3 Å². The molecule has 3 aromatic carbocycles. The molecule has 0 saturated heterocycles. The zero-order valence-corrected chi connectivity index (χ0v) is 17.2. The van der Waals surface area contributed by atoms with Crippen LogP contribution < -0.4 is 10.6 Å². The zero-order chi connectivity index (χ0) is 19.7. The van der Waals surface area contributed by atoms with Crippen molar-refractivity contribution in [3.8, 4) is 0 Å². The number of hydrogen-bond donors (Lipinski definition) is 2. The van der Waals surface area contributed by atoms with Gasteiger partial charge in [0.25, 0.3) is 0 Å². The molecule has 7 heteroatoms. The van der Waals surface area contributed by atoms with Crippen molar-refractivity contribution in [2.45, 2.75) is 0 Å². The lowest BCUT2D eigenvalue weighted by atomic mass is 10.1. The van der Waals surface area contributed by atoms with E-state index in [0.29, 0.717) is 15.0 Å². The molecule has 0 saturated carbocycles. The molecule has 0 spiro atoms. The Kier molecular flexibility index (Phi) is 5.17. The highest BCUT2D eigenvalue weighted by Crippen LogP contribution is 2.37. The Labute approximate surface area is 176 Å². The molecule has 2 N–H and O–H groups in total. The van der Waals surface area contributed by atoms with Gasteiger partial charge >= 0.3 is 5.97 Å². The molecule has 1 heterocycles. The monoisotopic (exact) mass is 426 g/mol. The average molecular weight is 427 g/mol. The lowest BCUT2D eigenvalue weighted by Gasteiger charge is -2.12. The number of hydrogen-bond acceptors (Lipinski definition) is 4. The van der Waals surface area contributed by atoms with Gasteiger partial charge < -0.3 is 15.4 Å². The molecule has 0 aliphatic rings. The van der Waals surface area contributed by atoms with Gasteiger partial charge in [-0.25, -0.2) is 4.79 Å². The lowest BCUT2D eigenvalue weighted by molar-refractivity contribution is 0.0606. The number of nitrogens with one attached hydrogen (secondary N) is 2. The van der Waals surface area contributed by atoms with E-state index in [1.54, 1.807) is 0 Å². The van der Waals surface area contributed by atoms with E-state index in [-0.39, 0.29) is 0 Å². The smallest absolute Gasteiger partial charge is 0.349 e. The number of thiocarbonyl (C=S) groups is 1. The van der Waals surface area contributed by atoms with Gasteiger partial charge in [-0.3, -0.25) is 0 Å². The van der Waals surface area contributed by atoms with Crippen molar-refractivity contribution in [1.82, 2.24) is 0 Å². The number of ether oxygens (including phenoxy) is 1. The number of benzene rings is 3. The second-order valence-corrected chi connectivity index (χ2v) is 7.89. The summed E-state index contributed by atoms with van der Waals surface area (Å²) in [7, 11) is 1.34. The van der Waals surface area contributed by atoms with E-state index in [1.807, 2.05) is 48.5 Å². The van der Waals surface area contributed by atoms with Crippen LogP contribution in [0.1, 0.15) is 9.67 Å². The summed E-state index contributed by atoms with van der Waals surface area (Å²) in [4.78, 5) is 12.2. The Bertz CT molecular complexity index is 1210. The summed E-state index contributed by atoms with van der Waals surface area (Å²) >= 11 is 13.1. The van der Waals surface area contributed by atoms with Gasteiger partial charge in [-0.1, -0.05) is 48.0 Å². The molecule has 0 atom stereocenters. The number of carbonyl (C=O) groups excluding carboxylic acids is 1.